The first-order chi connectivity index (χ1) is 9.92. The molecular formula is C17H11N2O. The fourth-order valence-electron chi connectivity index (χ4n) is 2.36. The largest absolute Gasteiger partial charge is 0.446 e. The van der Waals surface area contributed by atoms with Crippen LogP contribution in [0.25, 0.3) is 22.0 Å². The van der Waals surface area contributed by atoms with E-state index in [4.69, 9.17) is 4.42 Å². The van der Waals surface area contributed by atoms with Crippen molar-refractivity contribution in [3.8, 4) is 0 Å². The van der Waals surface area contributed by atoms with Crippen molar-refractivity contribution < 1.29 is 4.42 Å². The predicted octanol–water partition coefficient (Wildman–Crippen LogP) is 4.52. The Labute approximate surface area is 115 Å². The van der Waals surface area contributed by atoms with Crippen LogP contribution in [0.3, 0.4) is 0 Å². The highest BCUT2D eigenvalue weighted by atomic mass is 16.3. The van der Waals surface area contributed by atoms with E-state index in [0.717, 1.165) is 27.7 Å². The molecule has 3 nitrogen and oxygen atoms in total. The lowest BCUT2D eigenvalue weighted by atomic mass is 10.1. The zero-order chi connectivity index (χ0) is 13.4. The summed E-state index contributed by atoms with van der Waals surface area (Å²) in [6, 6.07) is 20.7. The Morgan fingerprint density at radius 1 is 0.950 bits per heavy atom. The Kier molecular flexibility index (Phi) is 2.42. The molecule has 0 saturated heterocycles. The SMILES string of the molecule is [c]1ccc(Nc2c3ccccc3nc3occc23)cc1. The first-order valence-electron chi connectivity index (χ1n) is 6.41. The van der Waals surface area contributed by atoms with Crippen molar-refractivity contribution >= 4 is 33.4 Å². The zero-order valence-corrected chi connectivity index (χ0v) is 10.6. The minimum atomic E-state index is 0.647. The van der Waals surface area contributed by atoms with Crippen LogP contribution in [0.2, 0.25) is 0 Å². The van der Waals surface area contributed by atoms with Gasteiger partial charge < -0.3 is 9.73 Å². The second-order valence-corrected chi connectivity index (χ2v) is 4.56. The van der Waals surface area contributed by atoms with Crippen LogP contribution < -0.4 is 5.32 Å². The number of furan rings is 1. The van der Waals surface area contributed by atoms with E-state index in [1.165, 1.54) is 0 Å². The number of nitrogens with zero attached hydrogens (tertiary/aromatic N) is 1. The minimum absolute atomic E-state index is 0.647. The van der Waals surface area contributed by atoms with E-state index in [1.54, 1.807) is 6.26 Å². The third-order valence-corrected chi connectivity index (χ3v) is 3.30. The Balaban J connectivity index is 2.00. The van der Waals surface area contributed by atoms with Gasteiger partial charge in [0.1, 0.15) is 0 Å². The maximum absolute atomic E-state index is 5.45. The third kappa shape index (κ3) is 1.72. The highest BCUT2D eigenvalue weighted by molar-refractivity contribution is 6.07. The number of anilines is 2. The summed E-state index contributed by atoms with van der Waals surface area (Å²) in [6.07, 6.45) is 1.67. The number of hydrogen-bond acceptors (Lipinski definition) is 3. The predicted molar refractivity (Wildman–Crippen MR) is 80.1 cm³/mol. The van der Waals surface area contributed by atoms with Crippen molar-refractivity contribution in [2.24, 2.45) is 0 Å². The van der Waals surface area contributed by atoms with Gasteiger partial charge in [0, 0.05) is 11.1 Å². The van der Waals surface area contributed by atoms with Gasteiger partial charge in [0.15, 0.2) is 0 Å². The molecular weight excluding hydrogens is 248 g/mol. The maximum atomic E-state index is 5.45. The van der Waals surface area contributed by atoms with Gasteiger partial charge in [0.2, 0.25) is 5.71 Å². The van der Waals surface area contributed by atoms with Crippen molar-refractivity contribution in [2.45, 2.75) is 0 Å². The van der Waals surface area contributed by atoms with E-state index in [2.05, 4.69) is 22.4 Å². The molecule has 0 aliphatic carbocycles. The van der Waals surface area contributed by atoms with Crippen molar-refractivity contribution in [3.05, 3.63) is 66.9 Å². The van der Waals surface area contributed by atoms with E-state index in [1.807, 2.05) is 48.5 Å². The average molecular weight is 259 g/mol. The summed E-state index contributed by atoms with van der Waals surface area (Å²) >= 11 is 0. The molecule has 4 aromatic rings. The van der Waals surface area contributed by atoms with Crippen molar-refractivity contribution in [1.82, 2.24) is 4.98 Å². The van der Waals surface area contributed by atoms with Crippen LogP contribution in [0.15, 0.2) is 65.3 Å². The van der Waals surface area contributed by atoms with Crippen LogP contribution >= 0.6 is 0 Å². The number of hydrogen-bond donors (Lipinski definition) is 1. The molecule has 1 N–H and O–H groups in total. The number of para-hydroxylation sites is 1. The van der Waals surface area contributed by atoms with Crippen molar-refractivity contribution in [2.75, 3.05) is 5.32 Å². The first kappa shape index (κ1) is 11.1. The molecule has 4 rings (SSSR count). The second kappa shape index (κ2) is 4.38. The minimum Gasteiger partial charge on any atom is -0.446 e. The van der Waals surface area contributed by atoms with Crippen LogP contribution in [0.5, 0.6) is 0 Å². The third-order valence-electron chi connectivity index (χ3n) is 3.30. The van der Waals surface area contributed by atoms with Crippen molar-refractivity contribution in [1.29, 1.82) is 0 Å². The smallest absolute Gasteiger partial charge is 0.228 e. The molecule has 2 aromatic carbocycles. The van der Waals surface area contributed by atoms with Crippen molar-refractivity contribution in [3.63, 3.8) is 0 Å². The maximum Gasteiger partial charge on any atom is 0.228 e. The number of benzene rings is 2. The van der Waals surface area contributed by atoms with E-state index in [0.29, 0.717) is 5.71 Å². The highest BCUT2D eigenvalue weighted by Gasteiger charge is 2.10. The Hall–Kier alpha value is -2.81. The number of pyridine rings is 1. The lowest BCUT2D eigenvalue weighted by Gasteiger charge is -2.10. The highest BCUT2D eigenvalue weighted by Crippen LogP contribution is 2.33. The molecule has 0 unspecified atom stereocenters. The topological polar surface area (TPSA) is 38.1 Å². The second-order valence-electron chi connectivity index (χ2n) is 4.56. The summed E-state index contributed by atoms with van der Waals surface area (Å²) in [5.41, 5.74) is 3.60. The van der Waals surface area contributed by atoms with Gasteiger partial charge in [-0.2, -0.15) is 0 Å². The summed E-state index contributed by atoms with van der Waals surface area (Å²) in [5, 5.41) is 5.52. The van der Waals surface area contributed by atoms with Gasteiger partial charge in [-0.3, -0.25) is 0 Å². The molecule has 95 valence electrons. The van der Waals surface area contributed by atoms with Gasteiger partial charge in [-0.15, -0.1) is 0 Å². The van der Waals surface area contributed by atoms with Gasteiger partial charge in [-0.25, -0.2) is 4.98 Å². The van der Waals surface area contributed by atoms with E-state index in [-0.39, 0.29) is 0 Å². The number of aromatic nitrogens is 1. The van der Waals surface area contributed by atoms with E-state index in [9.17, 15) is 0 Å². The molecule has 0 saturated carbocycles. The Morgan fingerprint density at radius 2 is 1.80 bits per heavy atom. The summed E-state index contributed by atoms with van der Waals surface area (Å²) in [5.74, 6) is 0. The fourth-order valence-corrected chi connectivity index (χ4v) is 2.36. The molecule has 0 spiro atoms. The zero-order valence-electron chi connectivity index (χ0n) is 10.6. The summed E-state index contributed by atoms with van der Waals surface area (Å²) in [4.78, 5) is 4.53. The summed E-state index contributed by atoms with van der Waals surface area (Å²) in [7, 11) is 0. The van der Waals surface area contributed by atoms with Gasteiger partial charge in [-0.1, -0.05) is 30.3 Å². The molecule has 3 heteroatoms. The van der Waals surface area contributed by atoms with Gasteiger partial charge >= 0.3 is 0 Å². The lowest BCUT2D eigenvalue weighted by molar-refractivity contribution is 0.605. The molecule has 2 aromatic heterocycles. The van der Waals surface area contributed by atoms with Crippen LogP contribution in [0.4, 0.5) is 11.4 Å². The van der Waals surface area contributed by atoms with Crippen LogP contribution in [0.1, 0.15) is 0 Å². The van der Waals surface area contributed by atoms with Gasteiger partial charge in [0.05, 0.1) is 22.9 Å². The normalized spacial score (nSPS) is 11.0. The molecule has 0 aliphatic heterocycles. The quantitative estimate of drug-likeness (QED) is 0.575. The molecule has 0 amide bonds. The summed E-state index contributed by atoms with van der Waals surface area (Å²) < 4.78 is 5.45. The number of fused-ring (bicyclic) bond motifs is 2. The fraction of sp³-hybridized carbons (Fsp3) is 0. The van der Waals surface area contributed by atoms with E-state index < -0.39 is 0 Å². The monoisotopic (exact) mass is 259 g/mol. The molecule has 2 heterocycles. The standard InChI is InChI=1S/C17H11N2O/c1-2-6-12(7-3-1)18-16-13-8-4-5-9-15(13)19-17-14(16)10-11-20-17/h2-11H,(H,18,19). The molecule has 0 bridgehead atoms. The Bertz CT molecular complexity index is 881. The Morgan fingerprint density at radius 3 is 2.70 bits per heavy atom. The van der Waals surface area contributed by atoms with Crippen LogP contribution in [0, 0.1) is 6.07 Å². The average Bonchev–Trinajstić information content (AvgIpc) is 2.96. The van der Waals surface area contributed by atoms with Gasteiger partial charge in [-0.05, 0) is 30.3 Å². The number of nitrogens with one attached hydrogen (secondary N) is 1. The van der Waals surface area contributed by atoms with Gasteiger partial charge in [0.25, 0.3) is 0 Å². The molecule has 0 aliphatic rings. The van der Waals surface area contributed by atoms with Crippen LogP contribution in [-0.4, -0.2) is 4.98 Å². The molecule has 0 atom stereocenters. The molecule has 20 heavy (non-hydrogen) atoms. The first-order valence-corrected chi connectivity index (χ1v) is 6.41. The van der Waals surface area contributed by atoms with E-state index >= 15 is 0 Å². The number of rotatable bonds is 2. The van der Waals surface area contributed by atoms with Crippen LogP contribution in [-0.2, 0) is 0 Å². The molecule has 0 fully saturated rings. The molecule has 1 radical (unpaired) electrons. The lowest BCUT2D eigenvalue weighted by Crippen LogP contribution is -1.93. The summed E-state index contributed by atoms with van der Waals surface area (Å²) in [6.45, 7) is 0.